The number of aliphatic imine (C=N–C) groups is 1. The summed E-state index contributed by atoms with van der Waals surface area (Å²) in [5.41, 5.74) is 0.752. The molecular weight excluding hydrogens is 285 g/mol. The molecule has 1 heterocycles. The third-order valence-electron chi connectivity index (χ3n) is 2.41. The Morgan fingerprint density at radius 1 is 1.38 bits per heavy atom. The summed E-state index contributed by atoms with van der Waals surface area (Å²) >= 11 is 0. The maximum atomic E-state index is 12.1. The second kappa shape index (κ2) is 8.33. The Morgan fingerprint density at radius 2 is 2.14 bits per heavy atom. The smallest absolute Gasteiger partial charge is 0.422 e. The van der Waals surface area contributed by atoms with Crippen molar-refractivity contribution in [2.24, 2.45) is 4.99 Å². The van der Waals surface area contributed by atoms with Crippen molar-refractivity contribution in [3.8, 4) is 5.88 Å². The van der Waals surface area contributed by atoms with E-state index in [9.17, 15) is 13.2 Å². The summed E-state index contributed by atoms with van der Waals surface area (Å²) in [6, 6.07) is 3.16. The van der Waals surface area contributed by atoms with Crippen molar-refractivity contribution in [3.05, 3.63) is 23.9 Å². The number of nitrogens with zero attached hydrogens (tertiary/aromatic N) is 2. The van der Waals surface area contributed by atoms with Crippen LogP contribution in [-0.4, -0.2) is 37.3 Å². The van der Waals surface area contributed by atoms with Crippen molar-refractivity contribution < 1.29 is 17.9 Å². The van der Waals surface area contributed by atoms with Gasteiger partial charge in [-0.25, -0.2) is 4.98 Å². The van der Waals surface area contributed by atoms with E-state index in [1.54, 1.807) is 13.1 Å². The van der Waals surface area contributed by atoms with Crippen molar-refractivity contribution in [1.29, 1.82) is 0 Å². The van der Waals surface area contributed by atoms with Crippen molar-refractivity contribution in [2.45, 2.75) is 26.1 Å². The van der Waals surface area contributed by atoms with Gasteiger partial charge in [-0.05, 0) is 18.1 Å². The van der Waals surface area contributed by atoms with E-state index in [0.29, 0.717) is 12.5 Å². The molecule has 0 unspecified atom stereocenters. The Bertz CT molecular complexity index is 463. The van der Waals surface area contributed by atoms with Crippen LogP contribution in [0, 0.1) is 0 Å². The third kappa shape index (κ3) is 7.38. The second-order valence-electron chi connectivity index (χ2n) is 4.26. The maximum absolute atomic E-state index is 12.1. The predicted molar refractivity (Wildman–Crippen MR) is 74.3 cm³/mol. The minimum Gasteiger partial charge on any atom is -0.468 e. The molecule has 1 rings (SSSR count). The van der Waals surface area contributed by atoms with E-state index in [1.165, 1.54) is 12.3 Å². The summed E-state index contributed by atoms with van der Waals surface area (Å²) in [5, 5.41) is 6.15. The molecule has 0 aliphatic heterocycles. The summed E-state index contributed by atoms with van der Waals surface area (Å²) in [5.74, 6) is 0.578. The third-order valence-corrected chi connectivity index (χ3v) is 2.41. The number of aromatic nitrogens is 1. The van der Waals surface area contributed by atoms with Crippen LogP contribution in [0.15, 0.2) is 23.3 Å². The van der Waals surface area contributed by atoms with Crippen molar-refractivity contribution in [3.63, 3.8) is 0 Å². The molecule has 0 fully saturated rings. The molecule has 0 radical (unpaired) electrons. The molecule has 0 saturated heterocycles. The van der Waals surface area contributed by atoms with Crippen LogP contribution in [0.3, 0.4) is 0 Å². The summed E-state index contributed by atoms with van der Waals surface area (Å²) in [6.45, 7) is 1.88. The van der Waals surface area contributed by atoms with E-state index in [4.69, 9.17) is 0 Å². The van der Waals surface area contributed by atoms with Gasteiger partial charge in [0.1, 0.15) is 0 Å². The first-order chi connectivity index (χ1) is 9.94. The summed E-state index contributed by atoms with van der Waals surface area (Å²) in [6.07, 6.45) is -2.00. The molecule has 8 heteroatoms. The van der Waals surface area contributed by atoms with Gasteiger partial charge >= 0.3 is 6.18 Å². The lowest BCUT2D eigenvalue weighted by molar-refractivity contribution is -0.154. The van der Waals surface area contributed by atoms with Gasteiger partial charge in [-0.3, -0.25) is 4.99 Å². The standard InChI is InChI=1S/C13H19F3N4O/c1-3-5-19-12(17-2)20-8-10-4-6-18-11(7-10)21-9-13(14,15)16/h4,6-7H,3,5,8-9H2,1-2H3,(H2,17,19,20). The lowest BCUT2D eigenvalue weighted by Crippen LogP contribution is -2.37. The first-order valence-corrected chi connectivity index (χ1v) is 6.53. The number of alkyl halides is 3. The van der Waals surface area contributed by atoms with Crippen LogP contribution in [0.4, 0.5) is 13.2 Å². The Hall–Kier alpha value is -1.99. The van der Waals surface area contributed by atoms with Gasteiger partial charge in [0.15, 0.2) is 12.6 Å². The van der Waals surface area contributed by atoms with Gasteiger partial charge in [0, 0.05) is 32.4 Å². The first-order valence-electron chi connectivity index (χ1n) is 6.53. The number of nitrogens with one attached hydrogen (secondary N) is 2. The molecule has 5 nitrogen and oxygen atoms in total. The molecule has 0 spiro atoms. The zero-order valence-corrected chi connectivity index (χ0v) is 12.0. The predicted octanol–water partition coefficient (Wildman–Crippen LogP) is 2.10. The average molecular weight is 304 g/mol. The zero-order valence-electron chi connectivity index (χ0n) is 12.0. The topological polar surface area (TPSA) is 58.5 Å². The SMILES string of the molecule is CCCNC(=NC)NCc1ccnc(OCC(F)(F)F)c1. The number of ether oxygens (including phenoxy) is 1. The van der Waals surface area contributed by atoms with Gasteiger partial charge in [0.2, 0.25) is 5.88 Å². The number of pyridine rings is 1. The fraction of sp³-hybridized carbons (Fsp3) is 0.538. The van der Waals surface area contributed by atoms with E-state index in [2.05, 4.69) is 25.3 Å². The van der Waals surface area contributed by atoms with Crippen molar-refractivity contribution in [2.75, 3.05) is 20.2 Å². The van der Waals surface area contributed by atoms with Crippen LogP contribution in [0.5, 0.6) is 5.88 Å². The normalized spacial score (nSPS) is 12.1. The zero-order chi connectivity index (χ0) is 15.7. The van der Waals surface area contributed by atoms with Crippen LogP contribution >= 0.6 is 0 Å². The fourth-order valence-corrected chi connectivity index (χ4v) is 1.44. The highest BCUT2D eigenvalue weighted by molar-refractivity contribution is 5.79. The number of halogens is 3. The highest BCUT2D eigenvalue weighted by Crippen LogP contribution is 2.17. The lowest BCUT2D eigenvalue weighted by atomic mass is 10.2. The molecule has 2 N–H and O–H groups in total. The molecule has 0 amide bonds. The van der Waals surface area contributed by atoms with Crippen LogP contribution < -0.4 is 15.4 Å². The van der Waals surface area contributed by atoms with Crippen LogP contribution in [0.2, 0.25) is 0 Å². The van der Waals surface area contributed by atoms with Gasteiger partial charge in [0.25, 0.3) is 0 Å². The van der Waals surface area contributed by atoms with Crippen LogP contribution in [0.1, 0.15) is 18.9 Å². The molecule has 1 aromatic heterocycles. The molecule has 118 valence electrons. The van der Waals surface area contributed by atoms with Gasteiger partial charge in [-0.2, -0.15) is 13.2 Å². The maximum Gasteiger partial charge on any atom is 0.422 e. The largest absolute Gasteiger partial charge is 0.468 e. The highest BCUT2D eigenvalue weighted by atomic mass is 19.4. The van der Waals surface area contributed by atoms with Gasteiger partial charge in [-0.15, -0.1) is 0 Å². The van der Waals surface area contributed by atoms with Gasteiger partial charge < -0.3 is 15.4 Å². The highest BCUT2D eigenvalue weighted by Gasteiger charge is 2.28. The average Bonchev–Trinajstić information content (AvgIpc) is 2.45. The minimum absolute atomic E-state index is 0.0527. The summed E-state index contributed by atoms with van der Waals surface area (Å²) in [4.78, 5) is 7.77. The molecule has 0 aromatic carbocycles. The molecule has 0 saturated carbocycles. The van der Waals surface area contributed by atoms with E-state index < -0.39 is 12.8 Å². The quantitative estimate of drug-likeness (QED) is 0.624. The molecule has 0 aliphatic carbocycles. The van der Waals surface area contributed by atoms with Crippen molar-refractivity contribution in [1.82, 2.24) is 15.6 Å². The molecular formula is C13H19F3N4O. The summed E-state index contributed by atoms with van der Waals surface area (Å²) in [7, 11) is 1.65. The Morgan fingerprint density at radius 3 is 2.76 bits per heavy atom. The molecule has 1 aromatic rings. The van der Waals surface area contributed by atoms with Crippen LogP contribution in [-0.2, 0) is 6.54 Å². The Balaban J connectivity index is 2.52. The summed E-state index contributed by atoms with van der Waals surface area (Å²) < 4.78 is 40.8. The van der Waals surface area contributed by atoms with Crippen molar-refractivity contribution >= 4 is 5.96 Å². The number of hydrogen-bond donors (Lipinski definition) is 2. The number of rotatable bonds is 6. The van der Waals surface area contributed by atoms with E-state index in [1.807, 2.05) is 6.92 Å². The number of guanidine groups is 1. The van der Waals surface area contributed by atoms with Crippen LogP contribution in [0.25, 0.3) is 0 Å². The van der Waals surface area contributed by atoms with E-state index in [0.717, 1.165) is 18.5 Å². The molecule has 21 heavy (non-hydrogen) atoms. The second-order valence-corrected chi connectivity index (χ2v) is 4.26. The molecule has 0 atom stereocenters. The number of hydrogen-bond acceptors (Lipinski definition) is 3. The monoisotopic (exact) mass is 304 g/mol. The fourth-order valence-electron chi connectivity index (χ4n) is 1.44. The van der Waals surface area contributed by atoms with E-state index >= 15 is 0 Å². The van der Waals surface area contributed by atoms with Gasteiger partial charge in [-0.1, -0.05) is 6.92 Å². The lowest BCUT2D eigenvalue weighted by Gasteiger charge is -2.12. The minimum atomic E-state index is -4.37. The van der Waals surface area contributed by atoms with Gasteiger partial charge in [0.05, 0.1) is 0 Å². The Labute approximate surface area is 121 Å². The van der Waals surface area contributed by atoms with E-state index in [-0.39, 0.29) is 5.88 Å². The molecule has 0 aliphatic rings. The Kier molecular flexibility index (Phi) is 6.77. The first kappa shape index (κ1) is 17.1. The molecule has 0 bridgehead atoms.